The number of hydrogen-bond donors (Lipinski definition) is 2. The fourth-order valence-electron chi connectivity index (χ4n) is 2.50. The summed E-state index contributed by atoms with van der Waals surface area (Å²) in [6.07, 6.45) is 2.10. The Morgan fingerprint density at radius 2 is 2.06 bits per heavy atom. The molecule has 0 spiro atoms. The van der Waals surface area contributed by atoms with Gasteiger partial charge in [0.25, 0.3) is 0 Å². The number of phenols is 1. The number of fused-ring (bicyclic) bond motifs is 3. The van der Waals surface area contributed by atoms with Crippen LogP contribution in [0.5, 0.6) is 5.75 Å². The highest BCUT2D eigenvalue weighted by Crippen LogP contribution is 2.29. The number of phenolic OH excluding ortho intramolecular Hbond substituents is 1. The number of aromatic hydroxyl groups is 1. The molecule has 0 aliphatic rings. The van der Waals surface area contributed by atoms with Crippen molar-refractivity contribution in [3.63, 3.8) is 0 Å². The van der Waals surface area contributed by atoms with Crippen molar-refractivity contribution in [3.8, 4) is 5.75 Å². The van der Waals surface area contributed by atoms with Crippen molar-refractivity contribution in [1.82, 2.24) is 9.97 Å². The molecule has 92 valence electrons. The number of aromatic nitrogens is 2. The zero-order valence-electron chi connectivity index (χ0n) is 10.6. The number of nitrogens with one attached hydrogen (secondary N) is 1. The second kappa shape index (κ2) is 4.02. The standard InChI is InChI=1S/C15H16N2O/c1-3-4-10-7-13-12-6-5-11(18)8-14(12)17-15(13)9(2)16-10/h5-8,17-18H,3-4H2,1-2H3. The summed E-state index contributed by atoms with van der Waals surface area (Å²) in [6.45, 7) is 4.19. The van der Waals surface area contributed by atoms with Crippen LogP contribution in [-0.4, -0.2) is 15.1 Å². The average molecular weight is 240 g/mol. The number of rotatable bonds is 2. The number of hydrogen-bond acceptors (Lipinski definition) is 2. The van der Waals surface area contributed by atoms with Gasteiger partial charge in [-0.3, -0.25) is 4.98 Å². The molecule has 0 atom stereocenters. The molecule has 3 heteroatoms. The second-order valence-electron chi connectivity index (χ2n) is 4.73. The normalized spacial score (nSPS) is 11.4. The quantitative estimate of drug-likeness (QED) is 0.717. The van der Waals surface area contributed by atoms with Crippen molar-refractivity contribution >= 4 is 21.8 Å². The summed E-state index contributed by atoms with van der Waals surface area (Å²) in [5.74, 6) is 0.286. The zero-order valence-corrected chi connectivity index (χ0v) is 10.6. The average Bonchev–Trinajstić information content (AvgIpc) is 2.68. The van der Waals surface area contributed by atoms with E-state index in [0.29, 0.717) is 0 Å². The molecule has 18 heavy (non-hydrogen) atoms. The minimum atomic E-state index is 0.286. The van der Waals surface area contributed by atoms with Gasteiger partial charge in [0.1, 0.15) is 5.75 Å². The molecule has 0 aliphatic heterocycles. The first-order chi connectivity index (χ1) is 8.69. The largest absolute Gasteiger partial charge is 0.508 e. The maximum Gasteiger partial charge on any atom is 0.117 e. The minimum Gasteiger partial charge on any atom is -0.508 e. The van der Waals surface area contributed by atoms with Crippen molar-refractivity contribution in [3.05, 3.63) is 35.7 Å². The predicted octanol–water partition coefficient (Wildman–Crippen LogP) is 3.68. The third-order valence-electron chi connectivity index (χ3n) is 3.31. The Morgan fingerprint density at radius 1 is 1.22 bits per heavy atom. The van der Waals surface area contributed by atoms with Crippen LogP contribution < -0.4 is 0 Å². The van der Waals surface area contributed by atoms with Crippen molar-refractivity contribution in [2.75, 3.05) is 0 Å². The number of nitrogens with zero attached hydrogens (tertiary/aromatic N) is 1. The number of benzene rings is 1. The molecule has 2 aromatic heterocycles. The van der Waals surface area contributed by atoms with E-state index in [0.717, 1.165) is 40.6 Å². The summed E-state index contributed by atoms with van der Waals surface area (Å²) in [7, 11) is 0. The third-order valence-corrected chi connectivity index (χ3v) is 3.31. The number of aryl methyl sites for hydroxylation is 2. The molecule has 2 N–H and O–H groups in total. The van der Waals surface area contributed by atoms with Crippen LogP contribution in [0.2, 0.25) is 0 Å². The monoisotopic (exact) mass is 240 g/mol. The van der Waals surface area contributed by atoms with Gasteiger partial charge in [-0.1, -0.05) is 13.3 Å². The van der Waals surface area contributed by atoms with Crippen LogP contribution in [0, 0.1) is 6.92 Å². The van der Waals surface area contributed by atoms with Crippen LogP contribution in [0.25, 0.3) is 21.8 Å². The number of pyridine rings is 1. The molecule has 1 aromatic carbocycles. The summed E-state index contributed by atoms with van der Waals surface area (Å²) in [5.41, 5.74) is 4.18. The van der Waals surface area contributed by atoms with Gasteiger partial charge in [-0.25, -0.2) is 0 Å². The fourth-order valence-corrected chi connectivity index (χ4v) is 2.50. The van der Waals surface area contributed by atoms with Crippen LogP contribution in [0.1, 0.15) is 24.7 Å². The topological polar surface area (TPSA) is 48.9 Å². The van der Waals surface area contributed by atoms with Gasteiger partial charge in [0, 0.05) is 22.5 Å². The highest BCUT2D eigenvalue weighted by atomic mass is 16.3. The second-order valence-corrected chi connectivity index (χ2v) is 4.73. The first kappa shape index (κ1) is 11.1. The molecular weight excluding hydrogens is 224 g/mol. The molecule has 0 radical (unpaired) electrons. The van der Waals surface area contributed by atoms with E-state index in [-0.39, 0.29) is 5.75 Å². The van der Waals surface area contributed by atoms with Crippen LogP contribution in [0.4, 0.5) is 0 Å². The highest BCUT2D eigenvalue weighted by Gasteiger charge is 2.09. The van der Waals surface area contributed by atoms with Gasteiger partial charge in [-0.2, -0.15) is 0 Å². The van der Waals surface area contributed by atoms with E-state index in [2.05, 4.69) is 23.0 Å². The van der Waals surface area contributed by atoms with Gasteiger partial charge < -0.3 is 10.1 Å². The lowest BCUT2D eigenvalue weighted by molar-refractivity contribution is 0.476. The fraction of sp³-hybridized carbons (Fsp3) is 0.267. The maximum absolute atomic E-state index is 9.53. The molecule has 3 aromatic rings. The number of H-pyrrole nitrogens is 1. The van der Waals surface area contributed by atoms with Gasteiger partial charge in [0.05, 0.1) is 16.7 Å². The Labute approximate surface area is 105 Å². The van der Waals surface area contributed by atoms with Gasteiger partial charge in [-0.05, 0) is 31.5 Å². The molecule has 0 saturated carbocycles. The first-order valence-corrected chi connectivity index (χ1v) is 6.30. The Balaban J connectivity index is 2.36. The van der Waals surface area contributed by atoms with Crippen LogP contribution in [-0.2, 0) is 6.42 Å². The summed E-state index contributed by atoms with van der Waals surface area (Å²) in [6, 6.07) is 7.60. The summed E-state index contributed by atoms with van der Waals surface area (Å²) in [5, 5.41) is 11.9. The van der Waals surface area contributed by atoms with E-state index in [1.165, 1.54) is 5.39 Å². The lowest BCUT2D eigenvalue weighted by Crippen LogP contribution is -1.92. The minimum absolute atomic E-state index is 0.286. The van der Waals surface area contributed by atoms with E-state index in [9.17, 15) is 5.11 Å². The van der Waals surface area contributed by atoms with E-state index >= 15 is 0 Å². The molecule has 0 amide bonds. The van der Waals surface area contributed by atoms with Crippen molar-refractivity contribution < 1.29 is 5.11 Å². The molecule has 3 nitrogen and oxygen atoms in total. The van der Waals surface area contributed by atoms with Crippen LogP contribution in [0.15, 0.2) is 24.3 Å². The van der Waals surface area contributed by atoms with Crippen LogP contribution >= 0.6 is 0 Å². The number of aromatic amines is 1. The zero-order chi connectivity index (χ0) is 12.7. The molecule has 2 heterocycles. The molecule has 0 unspecified atom stereocenters. The summed E-state index contributed by atoms with van der Waals surface area (Å²) >= 11 is 0. The van der Waals surface area contributed by atoms with E-state index in [4.69, 9.17) is 0 Å². The predicted molar refractivity (Wildman–Crippen MR) is 74.0 cm³/mol. The van der Waals surface area contributed by atoms with Gasteiger partial charge in [0.15, 0.2) is 0 Å². The highest BCUT2D eigenvalue weighted by molar-refractivity contribution is 6.08. The van der Waals surface area contributed by atoms with Gasteiger partial charge in [0.2, 0.25) is 0 Å². The lowest BCUT2D eigenvalue weighted by atomic mass is 10.1. The van der Waals surface area contributed by atoms with Gasteiger partial charge in [-0.15, -0.1) is 0 Å². The lowest BCUT2D eigenvalue weighted by Gasteiger charge is -2.02. The van der Waals surface area contributed by atoms with Crippen molar-refractivity contribution in [1.29, 1.82) is 0 Å². The first-order valence-electron chi connectivity index (χ1n) is 6.30. The van der Waals surface area contributed by atoms with E-state index in [1.54, 1.807) is 12.1 Å². The summed E-state index contributed by atoms with van der Waals surface area (Å²) < 4.78 is 0. The van der Waals surface area contributed by atoms with Crippen molar-refractivity contribution in [2.24, 2.45) is 0 Å². The van der Waals surface area contributed by atoms with Crippen molar-refractivity contribution in [2.45, 2.75) is 26.7 Å². The third kappa shape index (κ3) is 1.63. The van der Waals surface area contributed by atoms with Crippen LogP contribution in [0.3, 0.4) is 0 Å². The Kier molecular flexibility index (Phi) is 2.47. The molecule has 0 saturated heterocycles. The molecule has 0 bridgehead atoms. The molecule has 0 fully saturated rings. The summed E-state index contributed by atoms with van der Waals surface area (Å²) in [4.78, 5) is 7.95. The Bertz CT molecular complexity index is 728. The van der Waals surface area contributed by atoms with E-state index in [1.807, 2.05) is 13.0 Å². The SMILES string of the molecule is CCCc1cc2c([nH]c3cc(O)ccc32)c(C)n1. The Hall–Kier alpha value is -2.03. The molecular formula is C15H16N2O. The molecule has 3 rings (SSSR count). The maximum atomic E-state index is 9.53. The smallest absolute Gasteiger partial charge is 0.117 e. The molecule has 0 aliphatic carbocycles. The van der Waals surface area contributed by atoms with E-state index < -0.39 is 0 Å². The van der Waals surface area contributed by atoms with Gasteiger partial charge >= 0.3 is 0 Å². The Morgan fingerprint density at radius 3 is 2.83 bits per heavy atom.